The highest BCUT2D eigenvalue weighted by molar-refractivity contribution is 7.89. The van der Waals surface area contributed by atoms with Crippen molar-refractivity contribution in [3.05, 3.63) is 65.4 Å². The van der Waals surface area contributed by atoms with E-state index in [4.69, 9.17) is 4.74 Å². The molecular formula is C25H28F2N2O4S. The molecule has 0 radical (unpaired) electrons. The summed E-state index contributed by atoms with van der Waals surface area (Å²) < 4.78 is 61.5. The van der Waals surface area contributed by atoms with E-state index >= 15 is 0 Å². The maximum absolute atomic E-state index is 14.1. The lowest BCUT2D eigenvalue weighted by Crippen LogP contribution is -2.39. The highest BCUT2D eigenvalue weighted by Crippen LogP contribution is 2.41. The Morgan fingerprint density at radius 3 is 2.29 bits per heavy atom. The molecule has 9 heteroatoms. The molecule has 0 atom stereocenters. The molecule has 0 N–H and O–H groups in total. The van der Waals surface area contributed by atoms with Crippen molar-refractivity contribution >= 4 is 26.9 Å². The number of rotatable bonds is 6. The van der Waals surface area contributed by atoms with Gasteiger partial charge in [-0.3, -0.25) is 4.79 Å². The Labute approximate surface area is 198 Å². The van der Waals surface area contributed by atoms with Crippen LogP contribution >= 0.6 is 0 Å². The Morgan fingerprint density at radius 2 is 1.68 bits per heavy atom. The summed E-state index contributed by atoms with van der Waals surface area (Å²) in [6.07, 6.45) is 2.73. The number of carbonyl (C=O) groups excluding carboxylic acids is 1. The number of hydrogen-bond acceptors (Lipinski definition) is 4. The summed E-state index contributed by atoms with van der Waals surface area (Å²) in [5, 5.41) is 0.775. The van der Waals surface area contributed by atoms with Crippen molar-refractivity contribution < 1.29 is 26.7 Å². The van der Waals surface area contributed by atoms with Crippen LogP contribution in [0.2, 0.25) is 0 Å². The molecule has 1 fully saturated rings. The molecule has 182 valence electrons. The number of methoxy groups -OCH3 is 1. The number of carbonyl (C=O) groups is 1. The molecule has 0 saturated heterocycles. The SMILES string of the molecule is COC(=O)Cn1c(C)c(C2CCC(N(C)S(=O)(=O)c3ccc(F)cc3)CC2)c2cc(F)ccc21. The van der Waals surface area contributed by atoms with Gasteiger partial charge in [-0.1, -0.05) is 0 Å². The van der Waals surface area contributed by atoms with Crippen molar-refractivity contribution in [1.82, 2.24) is 8.87 Å². The molecule has 0 aliphatic heterocycles. The van der Waals surface area contributed by atoms with Gasteiger partial charge < -0.3 is 9.30 Å². The molecule has 0 spiro atoms. The number of hydrogen-bond donors (Lipinski definition) is 0. The molecule has 34 heavy (non-hydrogen) atoms. The fourth-order valence-electron chi connectivity index (χ4n) is 5.09. The van der Waals surface area contributed by atoms with E-state index in [0.717, 1.165) is 47.1 Å². The van der Waals surface area contributed by atoms with Crippen molar-refractivity contribution in [2.45, 2.75) is 56.0 Å². The van der Waals surface area contributed by atoms with E-state index in [9.17, 15) is 22.0 Å². The fourth-order valence-corrected chi connectivity index (χ4v) is 6.51. The van der Waals surface area contributed by atoms with Crippen LogP contribution in [0, 0.1) is 18.6 Å². The van der Waals surface area contributed by atoms with Gasteiger partial charge in [0, 0.05) is 29.7 Å². The Bertz CT molecular complexity index is 1310. The van der Waals surface area contributed by atoms with E-state index in [0.29, 0.717) is 12.8 Å². The Morgan fingerprint density at radius 1 is 1.06 bits per heavy atom. The second kappa shape index (κ2) is 9.46. The van der Waals surface area contributed by atoms with Crippen LogP contribution < -0.4 is 0 Å². The lowest BCUT2D eigenvalue weighted by Gasteiger charge is -2.34. The van der Waals surface area contributed by atoms with Crippen LogP contribution in [0.25, 0.3) is 10.9 Å². The normalized spacial score (nSPS) is 19.0. The lowest BCUT2D eigenvalue weighted by atomic mass is 9.80. The molecule has 1 aromatic heterocycles. The first-order chi connectivity index (χ1) is 16.1. The summed E-state index contributed by atoms with van der Waals surface area (Å²) in [6.45, 7) is 1.96. The first kappa shape index (κ1) is 24.3. The zero-order chi connectivity index (χ0) is 24.6. The van der Waals surface area contributed by atoms with Crippen molar-refractivity contribution in [3.63, 3.8) is 0 Å². The van der Waals surface area contributed by atoms with Gasteiger partial charge in [0.15, 0.2) is 0 Å². The van der Waals surface area contributed by atoms with Crippen molar-refractivity contribution in [1.29, 1.82) is 0 Å². The molecular weight excluding hydrogens is 462 g/mol. The van der Waals surface area contributed by atoms with Gasteiger partial charge >= 0.3 is 5.97 Å². The van der Waals surface area contributed by atoms with Crippen LogP contribution in [0.15, 0.2) is 47.4 Å². The van der Waals surface area contributed by atoms with Gasteiger partial charge in [-0.15, -0.1) is 0 Å². The lowest BCUT2D eigenvalue weighted by molar-refractivity contribution is -0.141. The third kappa shape index (κ3) is 4.46. The van der Waals surface area contributed by atoms with E-state index in [2.05, 4.69) is 0 Å². The average molecular weight is 491 g/mol. The maximum atomic E-state index is 14.1. The molecule has 1 aliphatic rings. The van der Waals surface area contributed by atoms with Crippen LogP contribution in [0.3, 0.4) is 0 Å². The van der Waals surface area contributed by atoms with Gasteiger partial charge in [-0.25, -0.2) is 17.2 Å². The number of esters is 1. The molecule has 3 aromatic rings. The molecule has 6 nitrogen and oxygen atoms in total. The summed E-state index contributed by atoms with van der Waals surface area (Å²) in [6, 6.07) is 9.22. The molecule has 1 saturated carbocycles. The predicted octanol–water partition coefficient (Wildman–Crippen LogP) is 4.75. The number of halogens is 2. The predicted molar refractivity (Wildman–Crippen MR) is 125 cm³/mol. The first-order valence-electron chi connectivity index (χ1n) is 11.2. The van der Waals surface area contributed by atoms with Gasteiger partial charge in [0.05, 0.1) is 12.0 Å². The monoisotopic (exact) mass is 490 g/mol. The van der Waals surface area contributed by atoms with E-state index < -0.39 is 15.8 Å². The van der Waals surface area contributed by atoms with Crippen LogP contribution in [0.1, 0.15) is 42.9 Å². The molecule has 0 unspecified atom stereocenters. The van der Waals surface area contributed by atoms with Crippen LogP contribution in [0.5, 0.6) is 0 Å². The fraction of sp³-hybridized carbons (Fsp3) is 0.400. The number of sulfonamides is 1. The molecule has 4 rings (SSSR count). The second-order valence-electron chi connectivity index (χ2n) is 8.80. The van der Waals surface area contributed by atoms with Gasteiger partial charge in [-0.2, -0.15) is 4.31 Å². The number of fused-ring (bicyclic) bond motifs is 1. The Balaban J connectivity index is 1.58. The number of aromatic nitrogens is 1. The van der Waals surface area contributed by atoms with E-state index in [1.54, 1.807) is 13.1 Å². The standard InChI is InChI=1S/C25H28F2N2O4S/c1-16-25(22-14-19(27)8-13-23(22)29(16)15-24(30)33-3)17-4-9-20(10-5-17)28(2)34(31,32)21-11-6-18(26)7-12-21/h6-8,11-14,17,20H,4-5,9-10,15H2,1-3H3. The first-order valence-corrected chi connectivity index (χ1v) is 12.7. The largest absolute Gasteiger partial charge is 0.468 e. The highest BCUT2D eigenvalue weighted by Gasteiger charge is 2.33. The quantitative estimate of drug-likeness (QED) is 0.468. The smallest absolute Gasteiger partial charge is 0.325 e. The van der Waals surface area contributed by atoms with Crippen LogP contribution in [-0.4, -0.2) is 43.5 Å². The van der Waals surface area contributed by atoms with E-state index in [1.807, 2.05) is 11.5 Å². The highest BCUT2D eigenvalue weighted by atomic mass is 32.2. The number of benzene rings is 2. The average Bonchev–Trinajstić information content (AvgIpc) is 3.09. The minimum absolute atomic E-state index is 0.0401. The van der Waals surface area contributed by atoms with Gasteiger partial charge in [0.25, 0.3) is 0 Å². The van der Waals surface area contributed by atoms with Crippen LogP contribution in [0.4, 0.5) is 8.78 Å². The Hall–Kier alpha value is -2.78. The zero-order valence-electron chi connectivity index (χ0n) is 19.4. The maximum Gasteiger partial charge on any atom is 0.325 e. The minimum atomic E-state index is -3.74. The Kier molecular flexibility index (Phi) is 6.78. The topological polar surface area (TPSA) is 68.6 Å². The zero-order valence-corrected chi connectivity index (χ0v) is 20.2. The third-order valence-electron chi connectivity index (χ3n) is 6.96. The summed E-state index contributed by atoms with van der Waals surface area (Å²) in [5.74, 6) is -1.10. The van der Waals surface area contributed by atoms with E-state index in [1.165, 1.54) is 35.7 Å². The van der Waals surface area contributed by atoms with Crippen molar-refractivity contribution in [2.24, 2.45) is 0 Å². The van der Waals surface area contributed by atoms with Gasteiger partial charge in [0.2, 0.25) is 10.0 Å². The molecule has 0 amide bonds. The molecule has 1 aliphatic carbocycles. The van der Waals surface area contributed by atoms with Gasteiger partial charge in [0.1, 0.15) is 18.2 Å². The summed E-state index contributed by atoms with van der Waals surface area (Å²) >= 11 is 0. The summed E-state index contributed by atoms with van der Waals surface area (Å²) in [7, 11) is -0.840. The summed E-state index contributed by atoms with van der Waals surface area (Å²) in [4.78, 5) is 12.0. The second-order valence-corrected chi connectivity index (χ2v) is 10.8. The minimum Gasteiger partial charge on any atom is -0.468 e. The van der Waals surface area contributed by atoms with Crippen molar-refractivity contribution in [2.75, 3.05) is 14.2 Å². The summed E-state index contributed by atoms with van der Waals surface area (Å²) in [5.41, 5.74) is 2.67. The molecule has 0 bridgehead atoms. The van der Waals surface area contributed by atoms with Crippen molar-refractivity contribution in [3.8, 4) is 0 Å². The number of nitrogens with zero attached hydrogens (tertiary/aromatic N) is 2. The molecule has 1 heterocycles. The van der Waals surface area contributed by atoms with E-state index in [-0.39, 0.29) is 35.2 Å². The number of ether oxygens (including phenoxy) is 1. The third-order valence-corrected chi connectivity index (χ3v) is 8.88. The molecule has 2 aromatic carbocycles. The van der Waals surface area contributed by atoms with Crippen LogP contribution in [-0.2, 0) is 26.1 Å². The van der Waals surface area contributed by atoms with Gasteiger partial charge in [-0.05, 0) is 86.6 Å².